The average Bonchev–Trinajstić information content (AvgIpc) is 2.97. The number of halogens is 1. The molecule has 22 heavy (non-hydrogen) atoms. The van der Waals surface area contributed by atoms with E-state index in [1.165, 1.54) is 0 Å². The summed E-state index contributed by atoms with van der Waals surface area (Å²) >= 11 is 0. The van der Waals surface area contributed by atoms with E-state index in [1.807, 2.05) is 49.2 Å². The van der Waals surface area contributed by atoms with Gasteiger partial charge in [0.15, 0.2) is 0 Å². The number of amides is 1. The largest absolute Gasteiger partial charge is 0.460 e. The maximum atomic E-state index is 12.6. The minimum absolute atomic E-state index is 0. The summed E-state index contributed by atoms with van der Waals surface area (Å²) in [5.41, 5.74) is 0.848. The van der Waals surface area contributed by atoms with Crippen LogP contribution in [0.5, 0.6) is 0 Å². The zero-order chi connectivity index (χ0) is 14.8. The fraction of sp³-hybridized carbons (Fsp3) is 0.471. The van der Waals surface area contributed by atoms with Crippen molar-refractivity contribution in [3.8, 4) is 0 Å². The molecule has 5 heteroatoms. The van der Waals surface area contributed by atoms with Gasteiger partial charge >= 0.3 is 0 Å². The Morgan fingerprint density at radius 1 is 1.32 bits per heavy atom. The zero-order valence-corrected chi connectivity index (χ0v) is 13.9. The van der Waals surface area contributed by atoms with E-state index >= 15 is 0 Å². The van der Waals surface area contributed by atoms with Crippen LogP contribution in [0.4, 0.5) is 0 Å². The van der Waals surface area contributed by atoms with E-state index in [-0.39, 0.29) is 24.2 Å². The van der Waals surface area contributed by atoms with E-state index in [4.69, 9.17) is 4.42 Å². The molecule has 0 aliphatic carbocycles. The monoisotopic (exact) mass is 322 g/mol. The molecular weight excluding hydrogens is 300 g/mol. The average molecular weight is 323 g/mol. The highest BCUT2D eigenvalue weighted by Crippen LogP contribution is 2.27. The summed E-state index contributed by atoms with van der Waals surface area (Å²) in [5, 5.41) is 4.34. The number of rotatable bonds is 3. The van der Waals surface area contributed by atoms with Crippen LogP contribution in [0.3, 0.4) is 0 Å². The van der Waals surface area contributed by atoms with Crippen LogP contribution in [0.25, 0.3) is 11.0 Å². The quantitative estimate of drug-likeness (QED) is 0.944. The van der Waals surface area contributed by atoms with Gasteiger partial charge in [-0.25, -0.2) is 0 Å². The molecule has 1 amide bonds. The number of carbonyl (C=O) groups excluding carboxylic acids is 1. The highest BCUT2D eigenvalue weighted by atomic mass is 35.5. The van der Waals surface area contributed by atoms with Gasteiger partial charge in [-0.15, -0.1) is 12.4 Å². The van der Waals surface area contributed by atoms with Gasteiger partial charge in [-0.2, -0.15) is 0 Å². The number of likely N-dealkylation sites (tertiary alicyclic amines) is 1. The van der Waals surface area contributed by atoms with Crippen LogP contribution in [0.15, 0.2) is 34.7 Å². The van der Waals surface area contributed by atoms with E-state index in [1.54, 1.807) is 0 Å². The Morgan fingerprint density at radius 3 is 2.64 bits per heavy atom. The molecule has 4 nitrogen and oxygen atoms in total. The van der Waals surface area contributed by atoms with E-state index < -0.39 is 0 Å². The molecule has 1 unspecified atom stereocenters. The molecule has 1 aliphatic heterocycles. The van der Waals surface area contributed by atoms with Gasteiger partial charge in [0.1, 0.15) is 11.3 Å². The lowest BCUT2D eigenvalue weighted by molar-refractivity contribution is -0.133. The molecule has 0 radical (unpaired) electrons. The Kier molecular flexibility index (Phi) is 5.48. The number of fused-ring (bicyclic) bond motifs is 1. The zero-order valence-electron chi connectivity index (χ0n) is 13.0. The second-order valence-corrected chi connectivity index (χ2v) is 5.80. The first-order chi connectivity index (χ1) is 10.2. The number of para-hydroxylation sites is 1. The molecule has 1 aromatic carbocycles. The van der Waals surface area contributed by atoms with Gasteiger partial charge in [-0.3, -0.25) is 4.79 Å². The van der Waals surface area contributed by atoms with E-state index in [2.05, 4.69) is 5.32 Å². The van der Waals surface area contributed by atoms with Crippen molar-refractivity contribution >= 4 is 29.3 Å². The molecule has 1 N–H and O–H groups in total. The van der Waals surface area contributed by atoms with Crippen molar-refractivity contribution in [1.82, 2.24) is 10.2 Å². The topological polar surface area (TPSA) is 45.5 Å². The Labute approximate surface area is 137 Å². The molecule has 1 aromatic heterocycles. The molecule has 2 aromatic rings. The van der Waals surface area contributed by atoms with Crippen LogP contribution in [-0.2, 0) is 4.79 Å². The van der Waals surface area contributed by atoms with Crippen molar-refractivity contribution in [3.05, 3.63) is 36.1 Å². The molecular formula is C17H23ClN2O2. The Morgan fingerprint density at radius 2 is 2.00 bits per heavy atom. The number of carbonyl (C=O) groups is 1. The Balaban J connectivity index is 0.00000176. The first-order valence-electron chi connectivity index (χ1n) is 7.63. The van der Waals surface area contributed by atoms with Crippen LogP contribution >= 0.6 is 12.4 Å². The molecule has 0 bridgehead atoms. The fourth-order valence-electron chi connectivity index (χ4n) is 3.00. The minimum atomic E-state index is -0.219. The number of benzene rings is 1. The van der Waals surface area contributed by atoms with Gasteiger partial charge in [0.05, 0.1) is 5.92 Å². The summed E-state index contributed by atoms with van der Waals surface area (Å²) in [4.78, 5) is 14.6. The Hall–Kier alpha value is -1.52. The van der Waals surface area contributed by atoms with Crippen molar-refractivity contribution in [2.75, 3.05) is 20.1 Å². The van der Waals surface area contributed by atoms with Crippen molar-refractivity contribution in [3.63, 3.8) is 0 Å². The third kappa shape index (κ3) is 3.28. The molecule has 0 saturated carbocycles. The molecule has 3 rings (SSSR count). The maximum absolute atomic E-state index is 12.6. The summed E-state index contributed by atoms with van der Waals surface area (Å²) in [7, 11) is 1.99. The van der Waals surface area contributed by atoms with E-state index in [9.17, 15) is 4.79 Å². The van der Waals surface area contributed by atoms with Gasteiger partial charge in [0.2, 0.25) is 5.91 Å². The molecule has 120 valence electrons. The lowest BCUT2D eigenvalue weighted by atomic mass is 10.0. The summed E-state index contributed by atoms with van der Waals surface area (Å²) in [6.07, 6.45) is 2.05. The van der Waals surface area contributed by atoms with Crippen LogP contribution in [-0.4, -0.2) is 37.0 Å². The standard InChI is InChI=1S/C17H22N2O2.ClH/c1-12(16-11-13-5-3-4-6-15(13)21-16)17(20)19-9-7-14(18-2)8-10-19;/h3-6,11-12,14,18H,7-10H2,1-2H3;1H. The predicted molar refractivity (Wildman–Crippen MR) is 90.5 cm³/mol. The predicted octanol–water partition coefficient (Wildman–Crippen LogP) is 3.17. The second-order valence-electron chi connectivity index (χ2n) is 5.80. The maximum Gasteiger partial charge on any atom is 0.233 e. The lowest BCUT2D eigenvalue weighted by Gasteiger charge is -2.33. The lowest BCUT2D eigenvalue weighted by Crippen LogP contribution is -2.45. The van der Waals surface area contributed by atoms with Crippen molar-refractivity contribution in [2.45, 2.75) is 31.7 Å². The molecule has 1 saturated heterocycles. The van der Waals surface area contributed by atoms with Gasteiger partial charge in [0.25, 0.3) is 0 Å². The van der Waals surface area contributed by atoms with Gasteiger partial charge in [-0.1, -0.05) is 18.2 Å². The van der Waals surface area contributed by atoms with Crippen molar-refractivity contribution < 1.29 is 9.21 Å². The van der Waals surface area contributed by atoms with Crippen LogP contribution < -0.4 is 5.32 Å². The smallest absolute Gasteiger partial charge is 0.233 e. The summed E-state index contributed by atoms with van der Waals surface area (Å²) in [5.74, 6) is 0.712. The first-order valence-corrected chi connectivity index (χ1v) is 7.63. The summed E-state index contributed by atoms with van der Waals surface area (Å²) in [6.45, 7) is 3.59. The van der Waals surface area contributed by atoms with Gasteiger partial charge < -0.3 is 14.6 Å². The number of nitrogens with zero attached hydrogens (tertiary/aromatic N) is 1. The van der Waals surface area contributed by atoms with Crippen molar-refractivity contribution in [1.29, 1.82) is 0 Å². The first kappa shape index (κ1) is 16.8. The SMILES string of the molecule is CNC1CCN(C(=O)C(C)c2cc3ccccc3o2)CC1.Cl. The van der Waals surface area contributed by atoms with Crippen LogP contribution in [0, 0.1) is 0 Å². The molecule has 1 atom stereocenters. The van der Waals surface area contributed by atoms with Gasteiger partial charge in [0, 0.05) is 24.5 Å². The normalized spacial score (nSPS) is 17.3. The summed E-state index contributed by atoms with van der Waals surface area (Å²) in [6, 6.07) is 10.4. The molecule has 1 fully saturated rings. The highest BCUT2D eigenvalue weighted by Gasteiger charge is 2.27. The number of hydrogen-bond acceptors (Lipinski definition) is 3. The fourth-order valence-corrected chi connectivity index (χ4v) is 3.00. The molecule has 0 spiro atoms. The van der Waals surface area contributed by atoms with Crippen molar-refractivity contribution in [2.24, 2.45) is 0 Å². The number of furan rings is 1. The number of nitrogens with one attached hydrogen (secondary N) is 1. The highest BCUT2D eigenvalue weighted by molar-refractivity contribution is 5.86. The number of piperidine rings is 1. The van der Waals surface area contributed by atoms with Gasteiger partial charge in [-0.05, 0) is 38.9 Å². The molecule has 1 aliphatic rings. The Bertz CT molecular complexity index is 599. The third-order valence-electron chi connectivity index (χ3n) is 4.46. The number of hydrogen-bond donors (Lipinski definition) is 1. The minimum Gasteiger partial charge on any atom is -0.460 e. The van der Waals surface area contributed by atoms with Crippen LogP contribution in [0.1, 0.15) is 31.4 Å². The van der Waals surface area contributed by atoms with E-state index in [0.717, 1.165) is 42.7 Å². The second kappa shape index (κ2) is 7.16. The van der Waals surface area contributed by atoms with Crippen LogP contribution in [0.2, 0.25) is 0 Å². The third-order valence-corrected chi connectivity index (χ3v) is 4.46. The summed E-state index contributed by atoms with van der Waals surface area (Å²) < 4.78 is 5.82. The van der Waals surface area contributed by atoms with E-state index in [0.29, 0.717) is 6.04 Å². The molecule has 2 heterocycles.